The Morgan fingerprint density at radius 1 is 1.38 bits per heavy atom. The fourth-order valence-electron chi connectivity index (χ4n) is 2.15. The molecule has 1 atom stereocenters. The van der Waals surface area contributed by atoms with Crippen LogP contribution in [0.15, 0.2) is 24.3 Å². The molecule has 0 amide bonds. The van der Waals surface area contributed by atoms with E-state index in [0.717, 1.165) is 5.56 Å². The average Bonchev–Trinajstić information content (AvgIpc) is 3.10. The van der Waals surface area contributed by atoms with Crippen LogP contribution >= 0.6 is 0 Å². The summed E-state index contributed by atoms with van der Waals surface area (Å²) in [6.45, 7) is 2.99. The van der Waals surface area contributed by atoms with Gasteiger partial charge in [0, 0.05) is 18.6 Å². The van der Waals surface area contributed by atoms with E-state index in [-0.39, 0.29) is 18.5 Å². The third-order valence-corrected chi connectivity index (χ3v) is 3.22. The van der Waals surface area contributed by atoms with Gasteiger partial charge in [-0.15, -0.1) is 0 Å². The molecule has 2 rings (SSSR count). The Labute approximate surface area is 95.7 Å². The van der Waals surface area contributed by atoms with E-state index in [1.54, 1.807) is 0 Å². The maximum Gasteiger partial charge on any atom is 0.123 e. The molecule has 16 heavy (non-hydrogen) atoms. The number of hydrogen-bond donors (Lipinski definition) is 1. The monoisotopic (exact) mass is 223 g/mol. The van der Waals surface area contributed by atoms with Crippen molar-refractivity contribution in [2.75, 3.05) is 13.2 Å². The van der Waals surface area contributed by atoms with Crippen molar-refractivity contribution in [1.29, 1.82) is 0 Å². The van der Waals surface area contributed by atoms with Gasteiger partial charge in [0.05, 0.1) is 6.61 Å². The molecule has 0 saturated heterocycles. The number of halogens is 1. The number of nitrogens with zero attached hydrogens (tertiary/aromatic N) is 1. The van der Waals surface area contributed by atoms with Crippen LogP contribution in [0.3, 0.4) is 0 Å². The Bertz CT molecular complexity index is 334. The van der Waals surface area contributed by atoms with Gasteiger partial charge in [-0.2, -0.15) is 0 Å². The van der Waals surface area contributed by atoms with Crippen LogP contribution in [0.2, 0.25) is 0 Å². The fourth-order valence-corrected chi connectivity index (χ4v) is 2.15. The topological polar surface area (TPSA) is 23.5 Å². The number of aliphatic hydroxyl groups is 1. The van der Waals surface area contributed by atoms with Gasteiger partial charge in [-0.25, -0.2) is 4.39 Å². The molecule has 88 valence electrons. The molecular weight excluding hydrogens is 205 g/mol. The number of hydrogen-bond acceptors (Lipinski definition) is 2. The van der Waals surface area contributed by atoms with Crippen LogP contribution in [0.1, 0.15) is 31.4 Å². The van der Waals surface area contributed by atoms with Crippen LogP contribution < -0.4 is 0 Å². The van der Waals surface area contributed by atoms with Crippen molar-refractivity contribution < 1.29 is 9.50 Å². The lowest BCUT2D eigenvalue weighted by Crippen LogP contribution is -2.31. The van der Waals surface area contributed by atoms with Crippen molar-refractivity contribution in [3.63, 3.8) is 0 Å². The second-order valence-electron chi connectivity index (χ2n) is 4.42. The Hall–Kier alpha value is -0.930. The van der Waals surface area contributed by atoms with Crippen LogP contribution in [0.25, 0.3) is 0 Å². The summed E-state index contributed by atoms with van der Waals surface area (Å²) in [6.07, 6.45) is 2.43. The lowest BCUT2D eigenvalue weighted by atomic mass is 10.1. The molecule has 0 aliphatic heterocycles. The van der Waals surface area contributed by atoms with Crippen molar-refractivity contribution in [1.82, 2.24) is 4.90 Å². The lowest BCUT2D eigenvalue weighted by molar-refractivity contribution is 0.150. The summed E-state index contributed by atoms with van der Waals surface area (Å²) in [4.78, 5) is 2.30. The highest BCUT2D eigenvalue weighted by atomic mass is 19.1. The molecule has 1 unspecified atom stereocenters. The second-order valence-corrected chi connectivity index (χ2v) is 4.42. The maximum atomic E-state index is 12.8. The second kappa shape index (κ2) is 4.93. The third-order valence-electron chi connectivity index (χ3n) is 3.22. The Balaban J connectivity index is 2.08. The summed E-state index contributed by atoms with van der Waals surface area (Å²) in [5.41, 5.74) is 1.11. The normalized spacial score (nSPS) is 17.8. The molecule has 1 fully saturated rings. The molecule has 1 aliphatic carbocycles. The van der Waals surface area contributed by atoms with Crippen LogP contribution in [0.4, 0.5) is 4.39 Å². The van der Waals surface area contributed by atoms with Crippen LogP contribution in [-0.2, 0) is 0 Å². The van der Waals surface area contributed by atoms with Gasteiger partial charge in [-0.05, 0) is 37.5 Å². The van der Waals surface area contributed by atoms with E-state index >= 15 is 0 Å². The van der Waals surface area contributed by atoms with Gasteiger partial charge >= 0.3 is 0 Å². The van der Waals surface area contributed by atoms with Crippen LogP contribution in [0.5, 0.6) is 0 Å². The first kappa shape index (κ1) is 11.6. The molecular formula is C13H18FNO. The predicted molar refractivity (Wildman–Crippen MR) is 61.6 cm³/mol. The molecule has 2 nitrogen and oxygen atoms in total. The third kappa shape index (κ3) is 2.60. The van der Waals surface area contributed by atoms with Crippen molar-refractivity contribution in [3.8, 4) is 0 Å². The minimum absolute atomic E-state index is 0.183. The Morgan fingerprint density at radius 2 is 2.00 bits per heavy atom. The van der Waals surface area contributed by atoms with Crippen molar-refractivity contribution in [2.45, 2.75) is 31.8 Å². The largest absolute Gasteiger partial charge is 0.395 e. The van der Waals surface area contributed by atoms with Crippen LogP contribution in [-0.4, -0.2) is 29.2 Å². The van der Waals surface area contributed by atoms with E-state index in [1.165, 1.54) is 25.0 Å². The van der Waals surface area contributed by atoms with Crippen molar-refractivity contribution in [3.05, 3.63) is 35.6 Å². The molecule has 1 aliphatic rings. The minimum atomic E-state index is -0.198. The molecule has 1 aromatic rings. The smallest absolute Gasteiger partial charge is 0.123 e. The van der Waals surface area contributed by atoms with Crippen molar-refractivity contribution >= 4 is 0 Å². The Kier molecular flexibility index (Phi) is 3.56. The molecule has 0 bridgehead atoms. The summed E-state index contributed by atoms with van der Waals surface area (Å²) in [5, 5.41) is 9.05. The van der Waals surface area contributed by atoms with Gasteiger partial charge in [0.15, 0.2) is 0 Å². The van der Waals surface area contributed by atoms with E-state index in [9.17, 15) is 4.39 Å². The summed E-state index contributed by atoms with van der Waals surface area (Å²) in [7, 11) is 0. The molecule has 1 saturated carbocycles. The zero-order valence-corrected chi connectivity index (χ0v) is 9.56. The highest BCUT2D eigenvalue weighted by Crippen LogP contribution is 2.33. The summed E-state index contributed by atoms with van der Waals surface area (Å²) < 4.78 is 12.8. The molecule has 0 spiro atoms. The van der Waals surface area contributed by atoms with Crippen molar-refractivity contribution in [2.24, 2.45) is 0 Å². The molecule has 0 heterocycles. The highest BCUT2D eigenvalue weighted by Gasteiger charge is 2.32. The minimum Gasteiger partial charge on any atom is -0.395 e. The van der Waals surface area contributed by atoms with E-state index < -0.39 is 0 Å². The molecule has 0 radical (unpaired) electrons. The van der Waals surface area contributed by atoms with Gasteiger partial charge in [0.2, 0.25) is 0 Å². The molecule has 1 aromatic carbocycles. The molecule has 3 heteroatoms. The quantitative estimate of drug-likeness (QED) is 0.828. The number of aliphatic hydroxyl groups excluding tert-OH is 1. The summed E-state index contributed by atoms with van der Waals surface area (Å²) in [5.74, 6) is -0.198. The first-order chi connectivity index (χ1) is 7.72. The maximum absolute atomic E-state index is 12.8. The molecule has 0 aromatic heterocycles. The summed E-state index contributed by atoms with van der Waals surface area (Å²) >= 11 is 0. The molecule has 1 N–H and O–H groups in total. The number of benzene rings is 1. The van der Waals surface area contributed by atoms with Crippen LogP contribution in [0, 0.1) is 5.82 Å². The van der Waals surface area contributed by atoms with E-state index in [1.807, 2.05) is 12.1 Å². The van der Waals surface area contributed by atoms with Gasteiger partial charge in [0.25, 0.3) is 0 Å². The zero-order valence-electron chi connectivity index (χ0n) is 9.56. The van der Waals surface area contributed by atoms with Gasteiger partial charge < -0.3 is 5.11 Å². The SMILES string of the molecule is CC(c1ccc(F)cc1)N(CCO)C1CC1. The average molecular weight is 223 g/mol. The fraction of sp³-hybridized carbons (Fsp3) is 0.538. The Morgan fingerprint density at radius 3 is 2.50 bits per heavy atom. The predicted octanol–water partition coefficient (Wildman–Crippen LogP) is 2.34. The first-order valence-electron chi connectivity index (χ1n) is 5.84. The van der Waals surface area contributed by atoms with E-state index in [2.05, 4.69) is 11.8 Å². The number of rotatable bonds is 5. The van der Waals surface area contributed by atoms with E-state index in [0.29, 0.717) is 12.6 Å². The van der Waals surface area contributed by atoms with Gasteiger partial charge in [0.1, 0.15) is 5.82 Å². The summed E-state index contributed by atoms with van der Waals surface area (Å²) in [6, 6.07) is 7.50. The van der Waals surface area contributed by atoms with Gasteiger partial charge in [-0.3, -0.25) is 4.90 Å². The first-order valence-corrected chi connectivity index (χ1v) is 5.84. The lowest BCUT2D eigenvalue weighted by Gasteiger charge is -2.28. The zero-order chi connectivity index (χ0) is 11.5. The highest BCUT2D eigenvalue weighted by molar-refractivity contribution is 5.20. The van der Waals surface area contributed by atoms with E-state index in [4.69, 9.17) is 5.11 Å². The standard InChI is InChI=1S/C13H18FNO/c1-10(11-2-4-12(14)5-3-11)15(8-9-16)13-6-7-13/h2-5,10,13,16H,6-9H2,1H3. The van der Waals surface area contributed by atoms with Gasteiger partial charge in [-0.1, -0.05) is 12.1 Å².